The molecule has 128 valence electrons. The summed E-state index contributed by atoms with van der Waals surface area (Å²) in [5, 5.41) is 0. The number of pyridine rings is 1. The van der Waals surface area contributed by atoms with Crippen LogP contribution in [0.15, 0.2) is 6.20 Å². The zero-order chi connectivity index (χ0) is 16.8. The van der Waals surface area contributed by atoms with Crippen molar-refractivity contribution in [2.75, 3.05) is 31.1 Å². The number of hydrogen-bond acceptors (Lipinski definition) is 4. The molecule has 0 saturated carbocycles. The van der Waals surface area contributed by atoms with Crippen LogP contribution in [-0.2, 0) is 17.5 Å². The van der Waals surface area contributed by atoms with Gasteiger partial charge in [-0.3, -0.25) is 4.90 Å². The van der Waals surface area contributed by atoms with E-state index in [4.69, 9.17) is 4.74 Å². The van der Waals surface area contributed by atoms with E-state index in [1.165, 1.54) is 0 Å². The molecule has 3 rings (SSSR count). The molecular formula is C15H19F4N3O. The molecule has 0 unspecified atom stereocenters. The van der Waals surface area contributed by atoms with Gasteiger partial charge in [-0.05, 0) is 13.8 Å². The summed E-state index contributed by atoms with van der Waals surface area (Å²) in [4.78, 5) is 8.08. The van der Waals surface area contributed by atoms with E-state index < -0.39 is 17.6 Å². The molecule has 1 saturated heterocycles. The monoisotopic (exact) mass is 333 g/mol. The maximum absolute atomic E-state index is 14.3. The van der Waals surface area contributed by atoms with Crippen LogP contribution in [0.3, 0.4) is 0 Å². The smallest absolute Gasteiger partial charge is 0.374 e. The first-order valence-electron chi connectivity index (χ1n) is 7.62. The molecule has 1 atom stereocenters. The Kier molecular flexibility index (Phi) is 4.22. The predicted octanol–water partition coefficient (Wildman–Crippen LogP) is 2.67. The summed E-state index contributed by atoms with van der Waals surface area (Å²) in [5.41, 5.74) is -1.43. The van der Waals surface area contributed by atoms with Gasteiger partial charge in [-0.2, -0.15) is 13.2 Å². The highest BCUT2D eigenvalue weighted by Crippen LogP contribution is 2.36. The predicted molar refractivity (Wildman–Crippen MR) is 76.7 cm³/mol. The molecular weight excluding hydrogens is 314 g/mol. The van der Waals surface area contributed by atoms with E-state index in [9.17, 15) is 17.6 Å². The first-order valence-corrected chi connectivity index (χ1v) is 7.62. The van der Waals surface area contributed by atoms with Crippen molar-refractivity contribution in [2.45, 2.75) is 38.7 Å². The molecule has 0 bridgehead atoms. The van der Waals surface area contributed by atoms with Gasteiger partial charge >= 0.3 is 6.18 Å². The molecule has 1 fully saturated rings. The molecule has 0 radical (unpaired) electrons. The normalized spacial score (nSPS) is 22.7. The lowest BCUT2D eigenvalue weighted by atomic mass is 10.1. The summed E-state index contributed by atoms with van der Waals surface area (Å²) < 4.78 is 58.3. The van der Waals surface area contributed by atoms with Crippen molar-refractivity contribution in [3.8, 4) is 0 Å². The first-order chi connectivity index (χ1) is 10.8. The molecule has 0 spiro atoms. The fourth-order valence-electron chi connectivity index (χ4n) is 3.16. The summed E-state index contributed by atoms with van der Waals surface area (Å²) in [6, 6.07) is 0.341. The van der Waals surface area contributed by atoms with Crippen LogP contribution < -0.4 is 4.90 Å². The van der Waals surface area contributed by atoms with Crippen LogP contribution in [0.25, 0.3) is 0 Å². The van der Waals surface area contributed by atoms with E-state index in [0.717, 1.165) is 13.1 Å². The Morgan fingerprint density at radius 3 is 2.70 bits per heavy atom. The minimum atomic E-state index is -4.76. The number of halogens is 4. The van der Waals surface area contributed by atoms with Gasteiger partial charge in [0.15, 0.2) is 0 Å². The van der Waals surface area contributed by atoms with Crippen molar-refractivity contribution >= 4 is 5.82 Å². The quantitative estimate of drug-likeness (QED) is 0.739. The molecule has 4 nitrogen and oxygen atoms in total. The topological polar surface area (TPSA) is 28.6 Å². The number of rotatable bonds is 1. The average molecular weight is 333 g/mol. The van der Waals surface area contributed by atoms with Crippen molar-refractivity contribution < 1.29 is 22.3 Å². The van der Waals surface area contributed by atoms with Gasteiger partial charge in [0.05, 0.1) is 24.8 Å². The minimum absolute atomic E-state index is 0.0314. The molecule has 0 N–H and O–H groups in total. The number of alkyl halides is 3. The number of ether oxygens (including phenoxy) is 1. The van der Waals surface area contributed by atoms with Gasteiger partial charge in [0.2, 0.25) is 0 Å². The number of hydrogen-bond donors (Lipinski definition) is 0. The lowest BCUT2D eigenvalue weighted by Crippen LogP contribution is -2.56. The Labute approximate surface area is 132 Å². The minimum Gasteiger partial charge on any atom is -0.374 e. The maximum Gasteiger partial charge on any atom is 0.420 e. The summed E-state index contributed by atoms with van der Waals surface area (Å²) in [5.74, 6) is -0.990. The van der Waals surface area contributed by atoms with Gasteiger partial charge in [-0.25, -0.2) is 9.37 Å². The van der Waals surface area contributed by atoms with Crippen LogP contribution >= 0.6 is 0 Å². The van der Waals surface area contributed by atoms with Gasteiger partial charge in [-0.1, -0.05) is 0 Å². The fourth-order valence-corrected chi connectivity index (χ4v) is 3.16. The van der Waals surface area contributed by atoms with E-state index in [1.54, 1.807) is 0 Å². The van der Waals surface area contributed by atoms with Gasteiger partial charge in [0, 0.05) is 31.9 Å². The summed E-state index contributed by atoms with van der Waals surface area (Å²) in [6.07, 6.45) is -4.17. The summed E-state index contributed by atoms with van der Waals surface area (Å²) in [7, 11) is 0. The standard InChI is InChI=1S/C15H19F4N3O/c1-9(2)21-3-4-22-10(6-21)7-23-8-11-13(16)12(15(17,18)19)5-20-14(11)22/h5,9-10H,3-4,6-8H2,1-2H3/t10-/m1/s1. The average Bonchev–Trinajstić information content (AvgIpc) is 2.65. The molecule has 0 aliphatic carbocycles. The summed E-state index contributed by atoms with van der Waals surface area (Å²) >= 11 is 0. The maximum atomic E-state index is 14.3. The fraction of sp³-hybridized carbons (Fsp3) is 0.667. The van der Waals surface area contributed by atoms with Gasteiger partial charge in [-0.15, -0.1) is 0 Å². The number of piperazine rings is 1. The molecule has 1 aromatic heterocycles. The van der Waals surface area contributed by atoms with Crippen molar-refractivity contribution in [1.82, 2.24) is 9.88 Å². The lowest BCUT2D eigenvalue weighted by Gasteiger charge is -2.42. The Hall–Kier alpha value is -1.41. The van der Waals surface area contributed by atoms with Crippen LogP contribution in [0.4, 0.5) is 23.4 Å². The Bertz CT molecular complexity index is 591. The third-order valence-corrected chi connectivity index (χ3v) is 4.47. The molecule has 0 aromatic carbocycles. The number of anilines is 1. The molecule has 2 aliphatic heterocycles. The second-order valence-corrected chi connectivity index (χ2v) is 6.24. The van der Waals surface area contributed by atoms with Crippen molar-refractivity contribution in [3.63, 3.8) is 0 Å². The Balaban J connectivity index is 1.96. The third-order valence-electron chi connectivity index (χ3n) is 4.47. The van der Waals surface area contributed by atoms with E-state index in [-0.39, 0.29) is 24.0 Å². The Morgan fingerprint density at radius 1 is 1.30 bits per heavy atom. The molecule has 1 aromatic rings. The highest BCUT2D eigenvalue weighted by atomic mass is 19.4. The van der Waals surface area contributed by atoms with Crippen LogP contribution in [-0.4, -0.2) is 48.2 Å². The van der Waals surface area contributed by atoms with Crippen molar-refractivity contribution in [1.29, 1.82) is 0 Å². The zero-order valence-electron chi connectivity index (χ0n) is 13.0. The molecule has 8 heteroatoms. The first kappa shape index (κ1) is 16.4. The van der Waals surface area contributed by atoms with E-state index in [0.29, 0.717) is 25.4 Å². The van der Waals surface area contributed by atoms with Crippen molar-refractivity contribution in [2.24, 2.45) is 0 Å². The number of aromatic nitrogens is 1. The molecule has 0 amide bonds. The largest absolute Gasteiger partial charge is 0.420 e. The van der Waals surface area contributed by atoms with Crippen LogP contribution in [0, 0.1) is 5.82 Å². The van der Waals surface area contributed by atoms with E-state index in [1.807, 2.05) is 4.90 Å². The van der Waals surface area contributed by atoms with Crippen molar-refractivity contribution in [3.05, 3.63) is 23.1 Å². The highest BCUT2D eigenvalue weighted by Gasteiger charge is 2.39. The van der Waals surface area contributed by atoms with Crippen LogP contribution in [0.2, 0.25) is 0 Å². The summed E-state index contributed by atoms with van der Waals surface area (Å²) in [6.45, 7) is 6.42. The molecule has 23 heavy (non-hydrogen) atoms. The second kappa shape index (κ2) is 5.90. The zero-order valence-corrected chi connectivity index (χ0v) is 13.0. The number of nitrogens with zero attached hydrogens (tertiary/aromatic N) is 3. The van der Waals surface area contributed by atoms with Gasteiger partial charge in [0.25, 0.3) is 0 Å². The van der Waals surface area contributed by atoms with Gasteiger partial charge < -0.3 is 9.64 Å². The molecule has 2 aliphatic rings. The third kappa shape index (κ3) is 3.01. The van der Waals surface area contributed by atoms with Crippen LogP contribution in [0.1, 0.15) is 25.0 Å². The SMILES string of the molecule is CC(C)N1CCN2c3ncc(C(F)(F)F)c(F)c3COC[C@H]2C1. The van der Waals surface area contributed by atoms with E-state index in [2.05, 4.69) is 23.7 Å². The number of fused-ring (bicyclic) bond motifs is 3. The van der Waals surface area contributed by atoms with Crippen LogP contribution in [0.5, 0.6) is 0 Å². The van der Waals surface area contributed by atoms with Gasteiger partial charge in [0.1, 0.15) is 17.2 Å². The van der Waals surface area contributed by atoms with E-state index >= 15 is 0 Å². The molecule has 3 heterocycles. The highest BCUT2D eigenvalue weighted by molar-refractivity contribution is 5.51. The lowest BCUT2D eigenvalue weighted by molar-refractivity contribution is -0.140. The second-order valence-electron chi connectivity index (χ2n) is 6.24. The Morgan fingerprint density at radius 2 is 2.04 bits per heavy atom.